The number of hydrogen-bond donors (Lipinski definition) is 2. The van der Waals surface area contributed by atoms with Gasteiger partial charge in [-0.05, 0) is 121 Å². The lowest BCUT2D eigenvalue weighted by molar-refractivity contribution is -0.186. The maximum Gasteiger partial charge on any atom is 0.471 e. The maximum atomic E-state index is 14.3. The summed E-state index contributed by atoms with van der Waals surface area (Å²) in [6, 6.07) is 16.0. The average Bonchev–Trinajstić information content (AvgIpc) is 3.68. The number of amides is 1. The van der Waals surface area contributed by atoms with Crippen molar-refractivity contribution in [2.75, 3.05) is 24.4 Å². The monoisotopic (exact) mass is 815 g/mol. The highest BCUT2D eigenvalue weighted by Gasteiger charge is 2.42. The third-order valence-electron chi connectivity index (χ3n) is 8.98. The molecule has 19 heteroatoms. The van der Waals surface area contributed by atoms with E-state index in [4.69, 9.17) is 4.74 Å². The fourth-order valence-corrected chi connectivity index (χ4v) is 7.88. The molecular weight excluding hydrogens is 785 g/mol. The van der Waals surface area contributed by atoms with Crippen molar-refractivity contribution in [2.45, 2.75) is 43.1 Å². The van der Waals surface area contributed by atoms with E-state index >= 15 is 0 Å². The first-order chi connectivity index (χ1) is 26.6. The van der Waals surface area contributed by atoms with Crippen LogP contribution in [0.25, 0.3) is 22.3 Å². The van der Waals surface area contributed by atoms with Crippen LogP contribution >= 0.6 is 11.5 Å². The molecule has 56 heavy (non-hydrogen) atoms. The number of piperidine rings is 1. The number of hydrogen-bond acceptors (Lipinski definition) is 10. The van der Waals surface area contributed by atoms with Gasteiger partial charge in [0.15, 0.2) is 0 Å². The number of sulfonamides is 1. The summed E-state index contributed by atoms with van der Waals surface area (Å²) >= 11 is 0.812. The Labute approximate surface area is 321 Å². The van der Waals surface area contributed by atoms with Gasteiger partial charge in [-0.15, -0.1) is 0 Å². The van der Waals surface area contributed by atoms with Crippen molar-refractivity contribution in [3.63, 3.8) is 0 Å². The Morgan fingerprint density at radius 1 is 0.946 bits per heavy atom. The van der Waals surface area contributed by atoms with E-state index in [0.717, 1.165) is 29.7 Å². The van der Waals surface area contributed by atoms with Gasteiger partial charge in [-0.1, -0.05) is 6.07 Å². The van der Waals surface area contributed by atoms with E-state index in [-0.39, 0.29) is 62.7 Å². The molecule has 292 valence electrons. The standard InChI is InChI=1S/C37H31F6N7O4S2/c38-36(39,40)29-16-24(21-50(34(51)37(41,42)43)14-9-23-5-10-45-11-6-23)15-27(17-29)26-1-3-33(31(19-26)25-7-12-46-13-8-25)54-32-4-2-30(18-28(32)20-44)56(52,53)49-35-47-22-48-55-35/h1-4,7-8,12-13,15-19,22-23,45H,5-6,9-11,14,21H2,(H,47,48,49). The average molecular weight is 816 g/mol. The van der Waals surface area contributed by atoms with Gasteiger partial charge in [-0.3, -0.25) is 14.5 Å². The Kier molecular flexibility index (Phi) is 11.9. The van der Waals surface area contributed by atoms with E-state index in [1.165, 1.54) is 55.1 Å². The molecule has 0 aliphatic carbocycles. The molecule has 11 nitrogen and oxygen atoms in total. The predicted octanol–water partition coefficient (Wildman–Crippen LogP) is 8.03. The summed E-state index contributed by atoms with van der Waals surface area (Å²) in [5, 5.41) is 13.1. The second-order valence-corrected chi connectivity index (χ2v) is 15.3. The third kappa shape index (κ3) is 9.80. The van der Waals surface area contributed by atoms with Crippen LogP contribution in [0.4, 0.5) is 31.5 Å². The first-order valence-corrected chi connectivity index (χ1v) is 19.2. The molecule has 0 radical (unpaired) electrons. The molecule has 6 rings (SSSR count). The van der Waals surface area contributed by atoms with Gasteiger partial charge in [0.25, 0.3) is 10.0 Å². The number of aromatic nitrogens is 3. The zero-order valence-corrected chi connectivity index (χ0v) is 30.7. The first-order valence-electron chi connectivity index (χ1n) is 16.9. The summed E-state index contributed by atoms with van der Waals surface area (Å²) in [6.07, 6.45) is -4.33. The van der Waals surface area contributed by atoms with E-state index in [0.29, 0.717) is 42.0 Å². The predicted molar refractivity (Wildman–Crippen MR) is 194 cm³/mol. The molecular formula is C37H31F6N7O4S2. The van der Waals surface area contributed by atoms with Gasteiger partial charge >= 0.3 is 18.3 Å². The Morgan fingerprint density at radius 3 is 2.34 bits per heavy atom. The van der Waals surface area contributed by atoms with Crippen LogP contribution in [0.15, 0.2) is 90.3 Å². The molecule has 3 heterocycles. The minimum atomic E-state index is -5.23. The molecule has 1 amide bonds. The molecule has 1 fully saturated rings. The lowest BCUT2D eigenvalue weighted by atomic mass is 9.94. The van der Waals surface area contributed by atoms with Gasteiger partial charge in [-0.25, -0.2) is 13.4 Å². The third-order valence-corrected chi connectivity index (χ3v) is 11.0. The van der Waals surface area contributed by atoms with Crippen LogP contribution in [0.3, 0.4) is 0 Å². The Hall–Kier alpha value is -5.58. The van der Waals surface area contributed by atoms with Crippen molar-refractivity contribution in [1.82, 2.24) is 24.6 Å². The summed E-state index contributed by atoms with van der Waals surface area (Å²) in [4.78, 5) is 20.6. The highest BCUT2D eigenvalue weighted by atomic mass is 32.2. The summed E-state index contributed by atoms with van der Waals surface area (Å²) in [7, 11) is -4.15. The number of benzene rings is 3. The Balaban J connectivity index is 1.36. The molecule has 1 saturated heterocycles. The number of rotatable bonds is 12. The van der Waals surface area contributed by atoms with Gasteiger partial charge < -0.3 is 15.0 Å². The highest BCUT2D eigenvalue weighted by Crippen LogP contribution is 2.40. The zero-order valence-electron chi connectivity index (χ0n) is 29.1. The number of carbonyl (C=O) groups excluding carboxylic acids is 1. The van der Waals surface area contributed by atoms with Crippen molar-refractivity contribution in [2.24, 2.45) is 5.92 Å². The number of anilines is 1. The summed E-state index contributed by atoms with van der Waals surface area (Å²) < 4.78 is 122. The van der Waals surface area contributed by atoms with Crippen LogP contribution < -0.4 is 14.8 Å². The highest BCUT2D eigenvalue weighted by molar-refractivity contribution is 7.93. The molecule has 0 saturated carbocycles. The first kappa shape index (κ1) is 40.1. The number of nitrogens with zero attached hydrogens (tertiary/aromatic N) is 5. The van der Waals surface area contributed by atoms with Crippen LogP contribution in [-0.2, 0) is 27.5 Å². The van der Waals surface area contributed by atoms with Crippen LogP contribution in [0.2, 0.25) is 0 Å². The fourth-order valence-electron chi connectivity index (χ4n) is 6.19. The molecule has 2 aromatic heterocycles. The second kappa shape index (κ2) is 16.6. The van der Waals surface area contributed by atoms with Gasteiger partial charge in [0.1, 0.15) is 23.9 Å². The van der Waals surface area contributed by atoms with Gasteiger partial charge in [0.2, 0.25) is 5.13 Å². The van der Waals surface area contributed by atoms with Crippen molar-refractivity contribution in [3.8, 4) is 39.8 Å². The molecule has 5 aromatic rings. The second-order valence-electron chi connectivity index (χ2n) is 12.8. The number of pyridine rings is 1. The zero-order chi connectivity index (χ0) is 40.1. The van der Waals surface area contributed by atoms with Crippen LogP contribution in [0.1, 0.15) is 36.0 Å². The van der Waals surface area contributed by atoms with Crippen LogP contribution in [0, 0.1) is 17.2 Å². The molecule has 0 atom stereocenters. The molecule has 1 aliphatic heterocycles. The summed E-state index contributed by atoms with van der Waals surface area (Å²) in [5.41, 5.74) is -0.369. The molecule has 2 N–H and O–H groups in total. The van der Waals surface area contributed by atoms with Crippen LogP contribution in [0.5, 0.6) is 11.5 Å². The van der Waals surface area contributed by atoms with Crippen molar-refractivity contribution in [3.05, 3.63) is 102 Å². The van der Waals surface area contributed by atoms with Gasteiger partial charge in [-0.2, -0.15) is 36.0 Å². The molecule has 1 aliphatic rings. The SMILES string of the molecule is N#Cc1cc(S(=O)(=O)Nc2ncns2)ccc1Oc1ccc(-c2cc(CN(CCC3CCNCC3)C(=O)C(F)(F)F)cc(C(F)(F)F)c2)cc1-c1ccncc1. The number of nitrogens with one attached hydrogen (secondary N) is 2. The minimum Gasteiger partial charge on any atom is -0.455 e. The van der Waals surface area contributed by atoms with Crippen molar-refractivity contribution < 1.29 is 44.3 Å². The van der Waals surface area contributed by atoms with Gasteiger partial charge in [0.05, 0.1) is 16.0 Å². The van der Waals surface area contributed by atoms with Crippen molar-refractivity contribution >= 4 is 32.6 Å². The fraction of sp³-hybridized carbons (Fsp3) is 0.270. The minimum absolute atomic E-state index is 0.00430. The maximum absolute atomic E-state index is 14.3. The molecule has 0 bridgehead atoms. The van der Waals surface area contributed by atoms with Crippen molar-refractivity contribution in [1.29, 1.82) is 5.26 Å². The Morgan fingerprint density at radius 2 is 1.68 bits per heavy atom. The molecule has 0 spiro atoms. The number of carbonyl (C=O) groups is 1. The normalized spacial score (nSPS) is 13.9. The van der Waals surface area contributed by atoms with E-state index in [1.54, 1.807) is 12.1 Å². The lowest BCUT2D eigenvalue weighted by Gasteiger charge is -2.28. The van der Waals surface area contributed by atoms with Gasteiger partial charge in [0, 0.05) is 42.6 Å². The van der Waals surface area contributed by atoms with E-state index in [9.17, 15) is 44.8 Å². The summed E-state index contributed by atoms with van der Waals surface area (Å²) in [5.74, 6) is -1.98. The summed E-state index contributed by atoms with van der Waals surface area (Å²) in [6.45, 7) is 0.364. The lowest BCUT2D eigenvalue weighted by Crippen LogP contribution is -2.42. The smallest absolute Gasteiger partial charge is 0.455 e. The quantitative estimate of drug-likeness (QED) is 0.119. The Bertz CT molecular complexity index is 2330. The van der Waals surface area contributed by atoms with E-state index in [1.807, 2.05) is 6.07 Å². The van der Waals surface area contributed by atoms with E-state index < -0.39 is 40.4 Å². The number of nitriles is 1. The molecule has 0 unspecified atom stereocenters. The number of ether oxygens (including phenoxy) is 1. The largest absolute Gasteiger partial charge is 0.471 e. The van der Waals surface area contributed by atoms with Crippen LogP contribution in [-0.4, -0.2) is 59.4 Å². The van der Waals surface area contributed by atoms with E-state index in [2.05, 4.69) is 24.4 Å². The number of alkyl halides is 6. The molecule has 3 aromatic carbocycles. The topological polar surface area (TPSA) is 150 Å². The number of halogens is 6.